The molecule has 0 saturated carbocycles. The van der Waals surface area contributed by atoms with Crippen LogP contribution in [0.3, 0.4) is 0 Å². The van der Waals surface area contributed by atoms with Crippen molar-refractivity contribution in [3.63, 3.8) is 0 Å². The Bertz CT molecular complexity index is 202. The third-order valence-electron chi connectivity index (χ3n) is 2.63. The van der Waals surface area contributed by atoms with Crippen LogP contribution in [0.25, 0.3) is 0 Å². The Kier molecular flexibility index (Phi) is 6.95. The lowest BCUT2D eigenvalue weighted by molar-refractivity contribution is -0.123. The summed E-state index contributed by atoms with van der Waals surface area (Å²) in [6.07, 6.45) is 3.49. The van der Waals surface area contributed by atoms with Gasteiger partial charge in [0.25, 0.3) is 0 Å². The molecule has 2 unspecified atom stereocenters. The van der Waals surface area contributed by atoms with Gasteiger partial charge in [-0.05, 0) is 32.2 Å². The molecule has 0 aromatic heterocycles. The van der Waals surface area contributed by atoms with Gasteiger partial charge in [0.05, 0.1) is 19.3 Å². The van der Waals surface area contributed by atoms with Crippen molar-refractivity contribution in [2.45, 2.75) is 51.5 Å². The van der Waals surface area contributed by atoms with E-state index in [2.05, 4.69) is 13.5 Å². The molecule has 1 aliphatic rings. The number of ether oxygens (including phenoxy) is 2. The second-order valence-electron chi connectivity index (χ2n) is 4.43. The molecule has 94 valence electrons. The summed E-state index contributed by atoms with van der Waals surface area (Å²) in [4.78, 5) is 0. The second-order valence-corrected chi connectivity index (χ2v) is 5.88. The fourth-order valence-electron chi connectivity index (χ4n) is 1.60. The van der Waals surface area contributed by atoms with Gasteiger partial charge in [0.15, 0.2) is 9.76 Å². The summed E-state index contributed by atoms with van der Waals surface area (Å²) in [5, 5.41) is 0. The zero-order valence-electron chi connectivity index (χ0n) is 10.5. The van der Waals surface area contributed by atoms with Crippen LogP contribution >= 0.6 is 0 Å². The normalized spacial score (nSPS) is 24.5. The van der Waals surface area contributed by atoms with E-state index < -0.39 is 0 Å². The van der Waals surface area contributed by atoms with Crippen LogP contribution in [0.1, 0.15) is 33.1 Å². The fourth-order valence-corrected chi connectivity index (χ4v) is 2.79. The molecule has 0 aromatic rings. The largest absolute Gasteiger partial charge is 0.400 e. The molecule has 1 fully saturated rings. The molecule has 0 aliphatic carbocycles. The highest BCUT2D eigenvalue weighted by atomic mass is 28.2. The molecule has 1 heterocycles. The first-order valence-corrected chi connectivity index (χ1v) is 7.79. The van der Waals surface area contributed by atoms with E-state index in [0.29, 0.717) is 13.2 Å². The molecule has 2 atom stereocenters. The zero-order chi connectivity index (χ0) is 11.8. The smallest absolute Gasteiger partial charge is 0.165 e. The molecule has 3 nitrogen and oxygen atoms in total. The third kappa shape index (κ3) is 5.79. The van der Waals surface area contributed by atoms with Gasteiger partial charge in [-0.15, -0.1) is 0 Å². The molecule has 0 aromatic carbocycles. The third-order valence-corrected chi connectivity index (χ3v) is 4.02. The highest BCUT2D eigenvalue weighted by Gasteiger charge is 2.16. The lowest BCUT2D eigenvalue weighted by Gasteiger charge is -2.25. The summed E-state index contributed by atoms with van der Waals surface area (Å²) in [5.41, 5.74) is 1.06. The monoisotopic (exact) mass is 244 g/mol. The van der Waals surface area contributed by atoms with Crippen molar-refractivity contribution in [2.24, 2.45) is 0 Å². The van der Waals surface area contributed by atoms with Gasteiger partial charge in [-0.3, -0.25) is 0 Å². The minimum atomic E-state index is -0.294. The fraction of sp³-hybridized carbons (Fsp3) is 0.833. The van der Waals surface area contributed by atoms with Crippen molar-refractivity contribution >= 4 is 9.76 Å². The molecule has 0 radical (unpaired) electrons. The Hall–Kier alpha value is -0.163. The predicted octanol–water partition coefficient (Wildman–Crippen LogP) is 2.01. The average Bonchev–Trinajstić information content (AvgIpc) is 2.30. The molecule has 0 amide bonds. The van der Waals surface area contributed by atoms with Crippen LogP contribution in [0.2, 0.25) is 6.04 Å². The van der Waals surface area contributed by atoms with E-state index in [1.54, 1.807) is 0 Å². The van der Waals surface area contributed by atoms with Gasteiger partial charge in [-0.1, -0.05) is 19.1 Å². The quantitative estimate of drug-likeness (QED) is 0.506. The minimum Gasteiger partial charge on any atom is -0.400 e. The lowest BCUT2D eigenvalue weighted by Crippen LogP contribution is -2.29. The van der Waals surface area contributed by atoms with E-state index in [1.165, 1.54) is 12.5 Å². The van der Waals surface area contributed by atoms with Gasteiger partial charge in [0, 0.05) is 0 Å². The standard InChI is InChI=1S/C12H24O3Si/c1-4-11(13-8-10(2)3)9-14-12-6-5-7-16-15-12/h11-12H,2,4-9,16H2,1,3H3. The van der Waals surface area contributed by atoms with Crippen LogP contribution < -0.4 is 0 Å². The maximum absolute atomic E-state index is 5.73. The maximum atomic E-state index is 5.73. The first kappa shape index (κ1) is 13.9. The van der Waals surface area contributed by atoms with Crippen LogP contribution in [0, 0.1) is 0 Å². The number of hydrogen-bond acceptors (Lipinski definition) is 3. The highest BCUT2D eigenvalue weighted by molar-refractivity contribution is 6.27. The summed E-state index contributed by atoms with van der Waals surface area (Å²) in [6.45, 7) is 9.18. The summed E-state index contributed by atoms with van der Waals surface area (Å²) in [5.74, 6) is 0. The average molecular weight is 244 g/mol. The van der Waals surface area contributed by atoms with E-state index >= 15 is 0 Å². The number of hydrogen-bond donors (Lipinski definition) is 0. The van der Waals surface area contributed by atoms with E-state index in [1.807, 2.05) is 6.92 Å². The van der Waals surface area contributed by atoms with E-state index in [0.717, 1.165) is 18.4 Å². The van der Waals surface area contributed by atoms with Gasteiger partial charge in [0.1, 0.15) is 6.29 Å². The Morgan fingerprint density at radius 3 is 3.00 bits per heavy atom. The van der Waals surface area contributed by atoms with Gasteiger partial charge in [0.2, 0.25) is 0 Å². The maximum Gasteiger partial charge on any atom is 0.165 e. The Morgan fingerprint density at radius 1 is 1.62 bits per heavy atom. The predicted molar refractivity (Wildman–Crippen MR) is 68.3 cm³/mol. The van der Waals surface area contributed by atoms with Gasteiger partial charge in [-0.25, -0.2) is 0 Å². The Labute approximate surface area is 101 Å². The lowest BCUT2D eigenvalue weighted by atomic mass is 10.3. The van der Waals surface area contributed by atoms with Crippen molar-refractivity contribution in [1.82, 2.24) is 0 Å². The van der Waals surface area contributed by atoms with Crippen LogP contribution in [0.5, 0.6) is 0 Å². The molecule has 0 N–H and O–H groups in total. The van der Waals surface area contributed by atoms with Gasteiger partial charge < -0.3 is 13.9 Å². The highest BCUT2D eigenvalue weighted by Crippen LogP contribution is 2.14. The van der Waals surface area contributed by atoms with Crippen molar-refractivity contribution in [3.05, 3.63) is 12.2 Å². The summed E-state index contributed by atoms with van der Waals surface area (Å²) < 4.78 is 17.0. The minimum absolute atomic E-state index is 0.0443. The van der Waals surface area contributed by atoms with Crippen molar-refractivity contribution in [2.75, 3.05) is 13.2 Å². The summed E-state index contributed by atoms with van der Waals surface area (Å²) in [6, 6.07) is 1.29. The van der Waals surface area contributed by atoms with Crippen LogP contribution in [-0.2, 0) is 13.9 Å². The van der Waals surface area contributed by atoms with E-state index in [9.17, 15) is 0 Å². The molecule has 1 rings (SSSR count). The number of rotatable bonds is 7. The first-order chi connectivity index (χ1) is 7.72. The molecule has 1 saturated heterocycles. The topological polar surface area (TPSA) is 27.7 Å². The van der Waals surface area contributed by atoms with E-state index in [4.69, 9.17) is 13.9 Å². The van der Waals surface area contributed by atoms with Crippen LogP contribution in [0.4, 0.5) is 0 Å². The molecule has 1 aliphatic heterocycles. The SMILES string of the molecule is C=C(C)COC(CC)COC1CCC[SiH2]O1. The molecule has 0 bridgehead atoms. The molecular formula is C12H24O3Si. The second kappa shape index (κ2) is 8.01. The summed E-state index contributed by atoms with van der Waals surface area (Å²) >= 11 is 0. The van der Waals surface area contributed by atoms with Crippen molar-refractivity contribution < 1.29 is 13.9 Å². The van der Waals surface area contributed by atoms with Crippen LogP contribution in [0.15, 0.2) is 12.2 Å². The Balaban J connectivity index is 2.14. The first-order valence-electron chi connectivity index (χ1n) is 6.21. The Morgan fingerprint density at radius 2 is 2.44 bits per heavy atom. The molecule has 4 heteroatoms. The van der Waals surface area contributed by atoms with E-state index in [-0.39, 0.29) is 22.2 Å². The molecule has 16 heavy (non-hydrogen) atoms. The zero-order valence-corrected chi connectivity index (χ0v) is 12.0. The van der Waals surface area contributed by atoms with Crippen LogP contribution in [-0.4, -0.2) is 35.4 Å². The molecular weight excluding hydrogens is 220 g/mol. The van der Waals surface area contributed by atoms with Crippen molar-refractivity contribution in [3.8, 4) is 0 Å². The molecule has 0 spiro atoms. The van der Waals surface area contributed by atoms with Gasteiger partial charge >= 0.3 is 0 Å². The van der Waals surface area contributed by atoms with Crippen molar-refractivity contribution in [1.29, 1.82) is 0 Å². The summed E-state index contributed by atoms with van der Waals surface area (Å²) in [7, 11) is -0.294. The van der Waals surface area contributed by atoms with Gasteiger partial charge in [-0.2, -0.15) is 0 Å².